The number of carbonyl (C=O) groups excluding carboxylic acids is 1. The first kappa shape index (κ1) is 14.9. The highest BCUT2D eigenvalue weighted by atomic mass is 16.5. The largest absolute Gasteiger partial charge is 0.495 e. The normalized spacial score (nSPS) is 21.2. The van der Waals surface area contributed by atoms with Crippen LogP contribution in [-0.4, -0.2) is 29.0 Å². The minimum Gasteiger partial charge on any atom is -0.495 e. The van der Waals surface area contributed by atoms with Gasteiger partial charge in [0.05, 0.1) is 13.3 Å². The summed E-state index contributed by atoms with van der Waals surface area (Å²) in [6.45, 7) is 2.03. The van der Waals surface area contributed by atoms with Gasteiger partial charge in [0, 0.05) is 30.0 Å². The lowest BCUT2D eigenvalue weighted by molar-refractivity contribution is -0.121. The van der Waals surface area contributed by atoms with E-state index < -0.39 is 0 Å². The van der Waals surface area contributed by atoms with Crippen LogP contribution in [0.5, 0.6) is 5.75 Å². The topological polar surface area (TPSA) is 67.0 Å². The fraction of sp³-hybridized carbons (Fsp3) is 0.529. The third-order valence-corrected chi connectivity index (χ3v) is 4.51. The van der Waals surface area contributed by atoms with E-state index in [9.17, 15) is 4.79 Å². The number of H-pyrrole nitrogens is 1. The summed E-state index contributed by atoms with van der Waals surface area (Å²) in [4.78, 5) is 19.6. The van der Waals surface area contributed by atoms with Gasteiger partial charge in [-0.2, -0.15) is 0 Å². The molecule has 0 radical (unpaired) electrons. The molecule has 2 N–H and O–H groups in total. The Morgan fingerprint density at radius 1 is 1.50 bits per heavy atom. The number of hydrogen-bond acceptors (Lipinski definition) is 3. The summed E-state index contributed by atoms with van der Waals surface area (Å²) in [5, 5.41) is 4.31. The molecule has 5 heteroatoms. The van der Waals surface area contributed by atoms with E-state index in [0.29, 0.717) is 12.3 Å². The number of carbonyl (C=O) groups is 1. The molecule has 1 fully saturated rings. The van der Waals surface area contributed by atoms with Gasteiger partial charge in [-0.15, -0.1) is 0 Å². The smallest absolute Gasteiger partial charge is 0.220 e. The Morgan fingerprint density at radius 3 is 3.14 bits per heavy atom. The number of ether oxygens (including phenoxy) is 1. The van der Waals surface area contributed by atoms with E-state index in [1.807, 2.05) is 19.2 Å². The predicted molar refractivity (Wildman–Crippen MR) is 86.1 cm³/mol. The van der Waals surface area contributed by atoms with Crippen molar-refractivity contribution in [1.29, 1.82) is 0 Å². The summed E-state index contributed by atoms with van der Waals surface area (Å²) in [5.41, 5.74) is 2.11. The lowest BCUT2D eigenvalue weighted by atomic mass is 9.94. The highest BCUT2D eigenvalue weighted by Gasteiger charge is 2.31. The molecule has 1 aliphatic carbocycles. The lowest BCUT2D eigenvalue weighted by Crippen LogP contribution is -2.36. The molecule has 0 spiro atoms. The molecule has 0 saturated heterocycles. The number of methoxy groups -OCH3 is 1. The summed E-state index contributed by atoms with van der Waals surface area (Å²) in [6.07, 6.45) is 8.53. The second-order valence-corrected chi connectivity index (χ2v) is 5.98. The first-order valence-corrected chi connectivity index (χ1v) is 8.03. The van der Waals surface area contributed by atoms with Crippen LogP contribution in [0.15, 0.2) is 18.5 Å². The number of rotatable bonds is 5. The number of nitrogens with zero attached hydrogens (tertiary/aromatic N) is 1. The van der Waals surface area contributed by atoms with E-state index in [-0.39, 0.29) is 11.9 Å². The van der Waals surface area contributed by atoms with Gasteiger partial charge in [0.15, 0.2) is 0 Å². The van der Waals surface area contributed by atoms with E-state index in [0.717, 1.165) is 42.5 Å². The van der Waals surface area contributed by atoms with Gasteiger partial charge < -0.3 is 15.0 Å². The number of fused-ring (bicyclic) bond motifs is 1. The van der Waals surface area contributed by atoms with Crippen molar-refractivity contribution < 1.29 is 9.53 Å². The van der Waals surface area contributed by atoms with Crippen LogP contribution < -0.4 is 10.1 Å². The van der Waals surface area contributed by atoms with Gasteiger partial charge in [0.2, 0.25) is 5.91 Å². The van der Waals surface area contributed by atoms with Gasteiger partial charge in [-0.25, -0.2) is 4.98 Å². The third kappa shape index (κ3) is 2.80. The summed E-state index contributed by atoms with van der Waals surface area (Å²) < 4.78 is 5.29. The quantitative estimate of drug-likeness (QED) is 0.891. The molecule has 1 saturated carbocycles. The van der Waals surface area contributed by atoms with Crippen molar-refractivity contribution in [3.63, 3.8) is 0 Å². The zero-order valence-electron chi connectivity index (χ0n) is 13.2. The van der Waals surface area contributed by atoms with Gasteiger partial charge in [-0.3, -0.25) is 4.79 Å². The molecule has 2 atom stereocenters. The molecular weight excluding hydrogens is 278 g/mol. The molecule has 0 bridgehead atoms. The van der Waals surface area contributed by atoms with Crippen LogP contribution in [0.4, 0.5) is 0 Å². The number of pyridine rings is 1. The molecule has 2 heterocycles. The highest BCUT2D eigenvalue weighted by molar-refractivity contribution is 5.82. The van der Waals surface area contributed by atoms with Gasteiger partial charge in [-0.1, -0.05) is 13.3 Å². The molecule has 0 aromatic carbocycles. The van der Waals surface area contributed by atoms with E-state index >= 15 is 0 Å². The first-order chi connectivity index (χ1) is 10.7. The number of nitrogens with one attached hydrogen (secondary N) is 2. The van der Waals surface area contributed by atoms with Crippen LogP contribution in [0, 0.1) is 0 Å². The maximum absolute atomic E-state index is 11.9. The Balaban J connectivity index is 1.87. The zero-order chi connectivity index (χ0) is 15.5. The predicted octanol–water partition coefficient (Wildman–Crippen LogP) is 3.12. The van der Waals surface area contributed by atoms with E-state index in [2.05, 4.69) is 15.3 Å². The Bertz CT molecular complexity index is 665. The molecule has 2 aromatic rings. The van der Waals surface area contributed by atoms with Gasteiger partial charge in [-0.05, 0) is 30.9 Å². The van der Waals surface area contributed by atoms with Crippen molar-refractivity contribution >= 4 is 16.9 Å². The van der Waals surface area contributed by atoms with Crippen LogP contribution in [0.1, 0.15) is 50.5 Å². The van der Waals surface area contributed by atoms with Crippen molar-refractivity contribution in [1.82, 2.24) is 15.3 Å². The minimum absolute atomic E-state index is 0.162. The zero-order valence-corrected chi connectivity index (χ0v) is 13.2. The van der Waals surface area contributed by atoms with Crippen LogP contribution in [0.2, 0.25) is 0 Å². The summed E-state index contributed by atoms with van der Waals surface area (Å²) >= 11 is 0. The summed E-state index contributed by atoms with van der Waals surface area (Å²) in [5.74, 6) is 1.27. The fourth-order valence-corrected chi connectivity index (χ4v) is 3.43. The molecule has 0 aliphatic heterocycles. The van der Waals surface area contributed by atoms with E-state index in [4.69, 9.17) is 4.74 Å². The van der Waals surface area contributed by atoms with Gasteiger partial charge >= 0.3 is 0 Å². The Kier molecular flexibility index (Phi) is 4.32. The van der Waals surface area contributed by atoms with E-state index in [1.165, 1.54) is 5.56 Å². The standard InChI is InChI=1S/C17H23N3O2/c1-3-5-16(21)20-15-7-4-6-12(15)14-10-19-17-13(14)8-11(22-2)9-18-17/h8-10,12,15H,3-7H2,1-2H3,(H,18,19)(H,20,21). The maximum atomic E-state index is 11.9. The van der Waals surface area contributed by atoms with Crippen molar-refractivity contribution in [2.75, 3.05) is 7.11 Å². The van der Waals surface area contributed by atoms with Crippen LogP contribution in [0.3, 0.4) is 0 Å². The maximum Gasteiger partial charge on any atom is 0.220 e. The average molecular weight is 301 g/mol. The second-order valence-electron chi connectivity index (χ2n) is 5.98. The summed E-state index contributed by atoms with van der Waals surface area (Å²) in [6, 6.07) is 2.25. The van der Waals surface area contributed by atoms with Crippen molar-refractivity contribution in [2.45, 2.75) is 51.0 Å². The van der Waals surface area contributed by atoms with Crippen molar-refractivity contribution in [3.8, 4) is 5.75 Å². The molecule has 2 unspecified atom stereocenters. The number of hydrogen-bond donors (Lipinski definition) is 2. The van der Waals surface area contributed by atoms with E-state index in [1.54, 1.807) is 13.3 Å². The molecule has 1 aliphatic rings. The number of aromatic amines is 1. The van der Waals surface area contributed by atoms with Crippen LogP contribution in [-0.2, 0) is 4.79 Å². The molecule has 5 nitrogen and oxygen atoms in total. The Labute approximate surface area is 130 Å². The number of aromatic nitrogens is 2. The second kappa shape index (κ2) is 6.38. The molecular formula is C17H23N3O2. The Morgan fingerprint density at radius 2 is 2.36 bits per heavy atom. The molecule has 118 valence electrons. The molecule has 1 amide bonds. The molecule has 3 rings (SSSR count). The minimum atomic E-state index is 0.162. The van der Waals surface area contributed by atoms with Gasteiger partial charge in [0.25, 0.3) is 0 Å². The fourth-order valence-electron chi connectivity index (χ4n) is 3.43. The van der Waals surface area contributed by atoms with Crippen molar-refractivity contribution in [3.05, 3.63) is 24.0 Å². The van der Waals surface area contributed by atoms with Crippen LogP contribution >= 0.6 is 0 Å². The Hall–Kier alpha value is -2.04. The SMILES string of the molecule is CCCC(=O)NC1CCCC1c1c[nH]c2ncc(OC)cc12. The van der Waals surface area contributed by atoms with Crippen LogP contribution in [0.25, 0.3) is 11.0 Å². The molecule has 2 aromatic heterocycles. The third-order valence-electron chi connectivity index (χ3n) is 4.51. The van der Waals surface area contributed by atoms with Gasteiger partial charge in [0.1, 0.15) is 11.4 Å². The molecule has 22 heavy (non-hydrogen) atoms. The number of amides is 1. The average Bonchev–Trinajstić information content (AvgIpc) is 3.12. The van der Waals surface area contributed by atoms with Crippen molar-refractivity contribution in [2.24, 2.45) is 0 Å². The summed E-state index contributed by atoms with van der Waals surface area (Å²) in [7, 11) is 1.65. The lowest BCUT2D eigenvalue weighted by Gasteiger charge is -2.21. The first-order valence-electron chi connectivity index (χ1n) is 8.03. The highest BCUT2D eigenvalue weighted by Crippen LogP contribution is 2.38. The monoisotopic (exact) mass is 301 g/mol.